The highest BCUT2D eigenvalue weighted by molar-refractivity contribution is 5.37. The van der Waals surface area contributed by atoms with E-state index in [1.165, 1.54) is 11.1 Å². The van der Waals surface area contributed by atoms with Crippen molar-refractivity contribution in [1.82, 2.24) is 14.9 Å². The molecule has 4 aromatic rings. The summed E-state index contributed by atoms with van der Waals surface area (Å²) in [5.41, 5.74) is 5.22. The van der Waals surface area contributed by atoms with Gasteiger partial charge in [0.25, 0.3) is 5.56 Å². The Bertz CT molecular complexity index is 1220. The van der Waals surface area contributed by atoms with Crippen molar-refractivity contribution >= 4 is 5.95 Å². The molecule has 172 valence electrons. The Hall–Kier alpha value is -3.70. The summed E-state index contributed by atoms with van der Waals surface area (Å²) < 4.78 is 0. The van der Waals surface area contributed by atoms with Crippen LogP contribution >= 0.6 is 0 Å². The lowest BCUT2D eigenvalue weighted by atomic mass is 9.96. The van der Waals surface area contributed by atoms with Gasteiger partial charge in [0.05, 0.1) is 11.7 Å². The van der Waals surface area contributed by atoms with Crippen LogP contribution in [0.2, 0.25) is 0 Å². The number of hydrogen-bond donors (Lipinski definition) is 1. The first-order valence-electron chi connectivity index (χ1n) is 11.9. The zero-order chi connectivity index (χ0) is 23.3. The standard InChI is InChI=1S/C29H30N4O/c1-22-26(21-23-11-5-2-6-12-23)28(34)31-29(30-22)33-19-17-32(18-20-33)27(24-13-7-3-8-14-24)25-15-9-4-10-16-25/h2-16,27H,17-21H2,1H3,(H,30,31,34). The van der Waals surface area contributed by atoms with Gasteiger partial charge >= 0.3 is 0 Å². The molecule has 1 aliphatic heterocycles. The number of rotatable bonds is 6. The Kier molecular flexibility index (Phi) is 6.54. The van der Waals surface area contributed by atoms with Crippen LogP contribution in [0, 0.1) is 6.92 Å². The van der Waals surface area contributed by atoms with Crippen LogP contribution in [-0.2, 0) is 6.42 Å². The van der Waals surface area contributed by atoms with E-state index in [0.29, 0.717) is 12.4 Å². The molecule has 0 saturated carbocycles. The lowest BCUT2D eigenvalue weighted by Gasteiger charge is -2.40. The second-order valence-electron chi connectivity index (χ2n) is 8.86. The molecule has 0 atom stereocenters. The van der Waals surface area contributed by atoms with E-state index in [1.54, 1.807) is 0 Å². The maximum absolute atomic E-state index is 12.9. The lowest BCUT2D eigenvalue weighted by Crippen LogP contribution is -2.48. The van der Waals surface area contributed by atoms with Crippen LogP contribution in [0.4, 0.5) is 5.95 Å². The van der Waals surface area contributed by atoms with Gasteiger partial charge in [0.1, 0.15) is 0 Å². The summed E-state index contributed by atoms with van der Waals surface area (Å²) in [5, 5.41) is 0. The molecule has 34 heavy (non-hydrogen) atoms. The summed E-state index contributed by atoms with van der Waals surface area (Å²) in [7, 11) is 0. The first-order valence-corrected chi connectivity index (χ1v) is 11.9. The van der Waals surface area contributed by atoms with Gasteiger partial charge in [-0.2, -0.15) is 0 Å². The van der Waals surface area contributed by atoms with Crippen LogP contribution in [0.25, 0.3) is 0 Å². The van der Waals surface area contributed by atoms with Gasteiger partial charge in [0.15, 0.2) is 0 Å². The molecule has 0 radical (unpaired) electrons. The molecule has 1 saturated heterocycles. The van der Waals surface area contributed by atoms with Crippen molar-refractivity contribution in [2.24, 2.45) is 0 Å². The third kappa shape index (κ3) is 4.80. The van der Waals surface area contributed by atoms with E-state index in [1.807, 2.05) is 37.3 Å². The zero-order valence-electron chi connectivity index (χ0n) is 19.5. The summed E-state index contributed by atoms with van der Waals surface area (Å²) >= 11 is 0. The smallest absolute Gasteiger partial charge is 0.256 e. The van der Waals surface area contributed by atoms with Gasteiger partial charge in [-0.1, -0.05) is 91.0 Å². The molecule has 1 fully saturated rings. The molecule has 0 spiro atoms. The topological polar surface area (TPSA) is 52.2 Å². The van der Waals surface area contributed by atoms with E-state index in [-0.39, 0.29) is 11.6 Å². The largest absolute Gasteiger partial charge is 0.340 e. The predicted molar refractivity (Wildman–Crippen MR) is 137 cm³/mol. The fourth-order valence-corrected chi connectivity index (χ4v) is 4.83. The molecule has 5 heteroatoms. The fraction of sp³-hybridized carbons (Fsp3) is 0.241. The average molecular weight is 451 g/mol. The number of aromatic nitrogens is 2. The van der Waals surface area contributed by atoms with Gasteiger partial charge in [0.2, 0.25) is 5.95 Å². The molecule has 5 rings (SSSR count). The first-order chi connectivity index (χ1) is 16.7. The maximum Gasteiger partial charge on any atom is 0.256 e. The van der Waals surface area contributed by atoms with Crippen molar-refractivity contribution in [1.29, 1.82) is 0 Å². The molecular weight excluding hydrogens is 420 g/mol. The molecular formula is C29H30N4O. The Morgan fingerprint density at radius 2 is 1.32 bits per heavy atom. The van der Waals surface area contributed by atoms with Crippen molar-refractivity contribution in [3.05, 3.63) is 129 Å². The number of anilines is 1. The molecule has 5 nitrogen and oxygen atoms in total. The average Bonchev–Trinajstić information content (AvgIpc) is 2.89. The monoisotopic (exact) mass is 450 g/mol. The lowest BCUT2D eigenvalue weighted by molar-refractivity contribution is 0.211. The van der Waals surface area contributed by atoms with E-state index < -0.39 is 0 Å². The van der Waals surface area contributed by atoms with Crippen LogP contribution in [0.3, 0.4) is 0 Å². The highest BCUT2D eigenvalue weighted by Crippen LogP contribution is 2.29. The normalized spacial score (nSPS) is 14.5. The van der Waals surface area contributed by atoms with E-state index in [9.17, 15) is 4.79 Å². The number of nitrogens with zero attached hydrogens (tertiary/aromatic N) is 3. The molecule has 0 amide bonds. The van der Waals surface area contributed by atoms with Crippen LogP contribution in [0.1, 0.15) is 34.0 Å². The number of piperazine rings is 1. The van der Waals surface area contributed by atoms with Gasteiger partial charge in [0, 0.05) is 38.2 Å². The van der Waals surface area contributed by atoms with Crippen molar-refractivity contribution in [3.63, 3.8) is 0 Å². The SMILES string of the molecule is Cc1nc(N2CCN(C(c3ccccc3)c3ccccc3)CC2)[nH]c(=O)c1Cc1ccccc1. The first kappa shape index (κ1) is 22.1. The van der Waals surface area contributed by atoms with E-state index in [4.69, 9.17) is 4.98 Å². The van der Waals surface area contributed by atoms with Crippen LogP contribution in [0.15, 0.2) is 95.8 Å². The molecule has 0 aliphatic carbocycles. The van der Waals surface area contributed by atoms with Crippen LogP contribution < -0.4 is 10.5 Å². The number of H-pyrrole nitrogens is 1. The molecule has 2 heterocycles. The van der Waals surface area contributed by atoms with E-state index >= 15 is 0 Å². The number of aryl methyl sites for hydroxylation is 1. The van der Waals surface area contributed by atoms with Gasteiger partial charge in [-0.15, -0.1) is 0 Å². The van der Waals surface area contributed by atoms with Crippen molar-refractivity contribution in [2.75, 3.05) is 31.1 Å². The highest BCUT2D eigenvalue weighted by atomic mass is 16.1. The zero-order valence-corrected chi connectivity index (χ0v) is 19.5. The maximum atomic E-state index is 12.9. The van der Waals surface area contributed by atoms with Crippen molar-refractivity contribution < 1.29 is 0 Å². The molecule has 1 aromatic heterocycles. The predicted octanol–water partition coefficient (Wildman–Crippen LogP) is 4.58. The minimum atomic E-state index is -0.0415. The molecule has 0 unspecified atom stereocenters. The second-order valence-corrected chi connectivity index (χ2v) is 8.86. The van der Waals surface area contributed by atoms with Gasteiger partial charge < -0.3 is 4.90 Å². The fourth-order valence-electron chi connectivity index (χ4n) is 4.83. The summed E-state index contributed by atoms with van der Waals surface area (Å²) in [6, 6.07) is 31.7. The van der Waals surface area contributed by atoms with Crippen LogP contribution in [0.5, 0.6) is 0 Å². The van der Waals surface area contributed by atoms with Crippen molar-refractivity contribution in [2.45, 2.75) is 19.4 Å². The molecule has 1 aliphatic rings. The Balaban J connectivity index is 1.33. The number of benzene rings is 3. The van der Waals surface area contributed by atoms with Crippen molar-refractivity contribution in [3.8, 4) is 0 Å². The molecule has 1 N–H and O–H groups in total. The number of hydrogen-bond acceptors (Lipinski definition) is 4. The quantitative estimate of drug-likeness (QED) is 0.467. The van der Waals surface area contributed by atoms with Gasteiger partial charge in [-0.25, -0.2) is 4.98 Å². The third-order valence-corrected chi connectivity index (χ3v) is 6.64. The number of nitrogens with one attached hydrogen (secondary N) is 1. The van der Waals surface area contributed by atoms with E-state index in [0.717, 1.165) is 43.0 Å². The highest BCUT2D eigenvalue weighted by Gasteiger charge is 2.27. The van der Waals surface area contributed by atoms with E-state index in [2.05, 4.69) is 75.4 Å². The number of aromatic amines is 1. The Morgan fingerprint density at radius 1 is 0.794 bits per heavy atom. The summed E-state index contributed by atoms with van der Waals surface area (Å²) in [4.78, 5) is 25.5. The Morgan fingerprint density at radius 3 is 1.85 bits per heavy atom. The van der Waals surface area contributed by atoms with Gasteiger partial charge in [-0.3, -0.25) is 14.7 Å². The summed E-state index contributed by atoms with van der Waals surface area (Å²) in [6.07, 6.45) is 0.596. The Labute approximate surface area is 200 Å². The summed E-state index contributed by atoms with van der Waals surface area (Å²) in [6.45, 7) is 5.35. The van der Waals surface area contributed by atoms with Crippen LogP contribution in [-0.4, -0.2) is 41.0 Å². The minimum absolute atomic E-state index is 0.0415. The third-order valence-electron chi connectivity index (χ3n) is 6.64. The summed E-state index contributed by atoms with van der Waals surface area (Å²) in [5.74, 6) is 0.676. The molecule has 3 aromatic carbocycles. The van der Waals surface area contributed by atoms with Gasteiger partial charge in [-0.05, 0) is 23.6 Å². The minimum Gasteiger partial charge on any atom is -0.340 e. The second kappa shape index (κ2) is 10.1. The molecule has 0 bridgehead atoms.